The fourth-order valence-electron chi connectivity index (χ4n) is 1.74. The molecule has 78 valence electrons. The number of anilines is 1. The zero-order valence-electron chi connectivity index (χ0n) is 8.29. The number of nitrogens with zero attached hydrogens (tertiary/aromatic N) is 1. The minimum absolute atomic E-state index is 0.166. The number of hydrogen-bond acceptors (Lipinski definition) is 3. The Labute approximate surface area is 87.4 Å². The normalized spacial score (nSPS) is 24.9. The van der Waals surface area contributed by atoms with Crippen LogP contribution in [0.5, 0.6) is 0 Å². The Morgan fingerprint density at radius 1 is 1.33 bits per heavy atom. The van der Waals surface area contributed by atoms with Crippen molar-refractivity contribution in [2.45, 2.75) is 12.1 Å². The van der Waals surface area contributed by atoms with Gasteiger partial charge in [-0.1, -0.05) is 18.2 Å². The summed E-state index contributed by atoms with van der Waals surface area (Å²) in [5.74, 6) is -0.166. The molecule has 2 atom stereocenters. The molecule has 4 heteroatoms. The van der Waals surface area contributed by atoms with Gasteiger partial charge in [-0.2, -0.15) is 0 Å². The third-order valence-corrected chi connectivity index (χ3v) is 2.52. The molecule has 0 N–H and O–H groups in total. The molecule has 1 amide bonds. The van der Waals surface area contributed by atoms with Gasteiger partial charge >= 0.3 is 0 Å². The first-order valence-corrected chi connectivity index (χ1v) is 4.66. The highest BCUT2D eigenvalue weighted by atomic mass is 16.5. The van der Waals surface area contributed by atoms with Crippen LogP contribution in [0.2, 0.25) is 0 Å². The van der Waals surface area contributed by atoms with Crippen LogP contribution in [-0.4, -0.2) is 31.4 Å². The molecule has 1 aromatic carbocycles. The van der Waals surface area contributed by atoms with Gasteiger partial charge in [0.2, 0.25) is 0 Å². The molecule has 15 heavy (non-hydrogen) atoms. The van der Waals surface area contributed by atoms with Gasteiger partial charge in [0.1, 0.15) is 12.3 Å². The monoisotopic (exact) mass is 205 g/mol. The van der Waals surface area contributed by atoms with Crippen molar-refractivity contribution in [3.63, 3.8) is 0 Å². The van der Waals surface area contributed by atoms with E-state index >= 15 is 0 Å². The van der Waals surface area contributed by atoms with E-state index in [1.54, 1.807) is 12.1 Å². The van der Waals surface area contributed by atoms with Crippen LogP contribution in [0.25, 0.3) is 0 Å². The summed E-state index contributed by atoms with van der Waals surface area (Å²) in [6.45, 7) is 0. The van der Waals surface area contributed by atoms with Gasteiger partial charge in [-0.05, 0) is 12.1 Å². The first-order valence-electron chi connectivity index (χ1n) is 4.66. The van der Waals surface area contributed by atoms with Crippen molar-refractivity contribution in [2.24, 2.45) is 0 Å². The van der Waals surface area contributed by atoms with Crippen molar-refractivity contribution in [2.75, 3.05) is 12.0 Å². The second-order valence-corrected chi connectivity index (χ2v) is 3.33. The number of ether oxygens (including phenoxy) is 1. The Kier molecular flexibility index (Phi) is 2.51. The zero-order valence-corrected chi connectivity index (χ0v) is 8.29. The van der Waals surface area contributed by atoms with Gasteiger partial charge in [0.25, 0.3) is 5.91 Å². The SMILES string of the molecule is COC1C(=O)N(c2ccccc2)C1C=O. The maximum Gasteiger partial charge on any atom is 0.259 e. The fourth-order valence-corrected chi connectivity index (χ4v) is 1.74. The van der Waals surface area contributed by atoms with Crippen LogP contribution in [0.1, 0.15) is 0 Å². The Morgan fingerprint density at radius 2 is 2.00 bits per heavy atom. The molecule has 0 saturated carbocycles. The van der Waals surface area contributed by atoms with Crippen LogP contribution < -0.4 is 4.90 Å². The number of carbonyl (C=O) groups is 2. The molecule has 0 aromatic heterocycles. The highest BCUT2D eigenvalue weighted by molar-refractivity contribution is 6.09. The van der Waals surface area contributed by atoms with Crippen molar-refractivity contribution < 1.29 is 14.3 Å². The molecule has 1 aliphatic heterocycles. The Morgan fingerprint density at radius 3 is 2.53 bits per heavy atom. The summed E-state index contributed by atoms with van der Waals surface area (Å²) in [5.41, 5.74) is 0.730. The van der Waals surface area contributed by atoms with E-state index < -0.39 is 12.1 Å². The third kappa shape index (κ3) is 1.43. The van der Waals surface area contributed by atoms with E-state index in [2.05, 4.69) is 0 Å². The van der Waals surface area contributed by atoms with E-state index in [1.165, 1.54) is 12.0 Å². The lowest BCUT2D eigenvalue weighted by Gasteiger charge is -2.42. The van der Waals surface area contributed by atoms with Crippen LogP contribution in [-0.2, 0) is 14.3 Å². The molecule has 0 bridgehead atoms. The van der Waals surface area contributed by atoms with Crippen molar-refractivity contribution >= 4 is 17.9 Å². The number of amides is 1. The summed E-state index contributed by atoms with van der Waals surface area (Å²) in [6.07, 6.45) is 0.116. The lowest BCUT2D eigenvalue weighted by atomic mass is 9.98. The second-order valence-electron chi connectivity index (χ2n) is 3.33. The summed E-state index contributed by atoms with van der Waals surface area (Å²) in [6, 6.07) is 8.60. The molecule has 0 radical (unpaired) electrons. The van der Waals surface area contributed by atoms with E-state index in [0.717, 1.165) is 12.0 Å². The number of rotatable bonds is 3. The topological polar surface area (TPSA) is 46.6 Å². The largest absolute Gasteiger partial charge is 0.369 e. The quantitative estimate of drug-likeness (QED) is 0.536. The molecule has 2 rings (SSSR count). The summed E-state index contributed by atoms with van der Waals surface area (Å²) < 4.78 is 4.93. The molecule has 0 spiro atoms. The van der Waals surface area contributed by atoms with Crippen molar-refractivity contribution in [3.05, 3.63) is 30.3 Å². The van der Waals surface area contributed by atoms with Gasteiger partial charge in [-0.3, -0.25) is 9.69 Å². The lowest BCUT2D eigenvalue weighted by molar-refractivity contribution is -0.142. The third-order valence-electron chi connectivity index (χ3n) is 2.52. The van der Waals surface area contributed by atoms with Gasteiger partial charge in [0, 0.05) is 12.8 Å². The first kappa shape index (κ1) is 9.86. The lowest BCUT2D eigenvalue weighted by Crippen LogP contribution is -2.66. The molecular weight excluding hydrogens is 194 g/mol. The number of benzene rings is 1. The van der Waals surface area contributed by atoms with Crippen LogP contribution in [0, 0.1) is 0 Å². The van der Waals surface area contributed by atoms with Gasteiger partial charge in [-0.15, -0.1) is 0 Å². The van der Waals surface area contributed by atoms with Gasteiger partial charge in [0.15, 0.2) is 6.10 Å². The first-order chi connectivity index (χ1) is 7.29. The van der Waals surface area contributed by atoms with Crippen molar-refractivity contribution in [1.82, 2.24) is 0 Å². The molecule has 4 nitrogen and oxygen atoms in total. The summed E-state index contributed by atoms with van der Waals surface area (Å²) >= 11 is 0. The summed E-state index contributed by atoms with van der Waals surface area (Å²) in [4.78, 5) is 23.9. The molecule has 1 aromatic rings. The maximum absolute atomic E-state index is 11.6. The predicted molar refractivity (Wildman–Crippen MR) is 54.6 cm³/mol. The molecular formula is C11H11NO3. The minimum atomic E-state index is -0.622. The van der Waals surface area contributed by atoms with E-state index in [1.807, 2.05) is 18.2 Å². The number of para-hydroxylation sites is 1. The Hall–Kier alpha value is -1.68. The van der Waals surface area contributed by atoms with Crippen molar-refractivity contribution in [1.29, 1.82) is 0 Å². The van der Waals surface area contributed by atoms with E-state index in [4.69, 9.17) is 4.74 Å². The molecule has 1 heterocycles. The summed E-state index contributed by atoms with van der Waals surface area (Å²) in [7, 11) is 1.43. The minimum Gasteiger partial charge on any atom is -0.369 e. The smallest absolute Gasteiger partial charge is 0.259 e. The van der Waals surface area contributed by atoms with E-state index in [0.29, 0.717) is 0 Å². The number of hydrogen-bond donors (Lipinski definition) is 0. The highest BCUT2D eigenvalue weighted by Crippen LogP contribution is 2.28. The maximum atomic E-state index is 11.6. The molecule has 2 unspecified atom stereocenters. The Bertz CT molecular complexity index is 377. The van der Waals surface area contributed by atoms with E-state index in [9.17, 15) is 9.59 Å². The standard InChI is InChI=1S/C11H11NO3/c1-15-10-9(7-13)12(11(10)14)8-5-3-2-4-6-8/h2-7,9-10H,1H3. The molecule has 0 aliphatic carbocycles. The van der Waals surface area contributed by atoms with Crippen LogP contribution >= 0.6 is 0 Å². The second kappa shape index (κ2) is 3.82. The molecule has 1 fully saturated rings. The predicted octanol–water partition coefficient (Wildman–Crippen LogP) is 0.616. The molecule has 1 aliphatic rings. The van der Waals surface area contributed by atoms with Gasteiger partial charge < -0.3 is 9.53 Å². The van der Waals surface area contributed by atoms with Gasteiger partial charge in [0.05, 0.1) is 0 Å². The number of carbonyl (C=O) groups excluding carboxylic acids is 2. The van der Waals surface area contributed by atoms with Crippen LogP contribution in [0.4, 0.5) is 5.69 Å². The summed E-state index contributed by atoms with van der Waals surface area (Å²) in [5, 5.41) is 0. The van der Waals surface area contributed by atoms with Crippen molar-refractivity contribution in [3.8, 4) is 0 Å². The average Bonchev–Trinajstić information content (AvgIpc) is 2.27. The number of β-lactam (4-membered cyclic amide) rings is 1. The molecule has 1 saturated heterocycles. The van der Waals surface area contributed by atoms with Gasteiger partial charge in [-0.25, -0.2) is 0 Å². The fraction of sp³-hybridized carbons (Fsp3) is 0.273. The number of aldehydes is 1. The number of methoxy groups -OCH3 is 1. The van der Waals surface area contributed by atoms with Crippen LogP contribution in [0.3, 0.4) is 0 Å². The Balaban J connectivity index is 2.25. The van der Waals surface area contributed by atoms with Crippen LogP contribution in [0.15, 0.2) is 30.3 Å². The average molecular weight is 205 g/mol. The zero-order chi connectivity index (χ0) is 10.8. The highest BCUT2D eigenvalue weighted by Gasteiger charge is 2.48. The van der Waals surface area contributed by atoms with E-state index in [-0.39, 0.29) is 5.91 Å².